The minimum atomic E-state index is -0.210. The number of aromatic nitrogens is 3. The van der Waals surface area contributed by atoms with Crippen LogP contribution in [0, 0.1) is 11.8 Å². The Hall–Kier alpha value is -2.56. The molecule has 2 aromatic rings. The minimum absolute atomic E-state index is 0.210. The number of urea groups is 1. The van der Waals surface area contributed by atoms with E-state index in [1.165, 1.54) is 12.2 Å². The minimum Gasteiger partial charge on any atom is -0.314 e. The van der Waals surface area contributed by atoms with E-state index in [-0.39, 0.29) is 6.03 Å². The van der Waals surface area contributed by atoms with Gasteiger partial charge in [0.25, 0.3) is 0 Å². The lowest BCUT2D eigenvalue weighted by molar-refractivity contribution is -0.0777. The number of halogens is 1. The Morgan fingerprint density at radius 3 is 2.92 bits per heavy atom. The van der Waals surface area contributed by atoms with Crippen LogP contribution in [0.5, 0.6) is 0 Å². The molecule has 1 aromatic carbocycles. The first kappa shape index (κ1) is 16.3. The molecule has 7 nitrogen and oxygen atoms in total. The molecule has 0 saturated carbocycles. The molecule has 124 valence electrons. The lowest BCUT2D eigenvalue weighted by Gasteiger charge is -2.30. The van der Waals surface area contributed by atoms with E-state index in [1.807, 2.05) is 16.7 Å². The third-order valence-electron chi connectivity index (χ3n) is 3.71. The maximum absolute atomic E-state index is 12.1. The molecule has 3 rings (SSSR count). The van der Waals surface area contributed by atoms with Crippen molar-refractivity contribution >= 4 is 17.6 Å². The van der Waals surface area contributed by atoms with Crippen LogP contribution in [0.3, 0.4) is 0 Å². The van der Waals surface area contributed by atoms with Crippen molar-refractivity contribution in [1.29, 1.82) is 0 Å². The van der Waals surface area contributed by atoms with E-state index in [9.17, 15) is 4.79 Å². The van der Waals surface area contributed by atoms with Crippen LogP contribution >= 0.6 is 11.6 Å². The predicted octanol–water partition coefficient (Wildman–Crippen LogP) is 1.76. The third kappa shape index (κ3) is 3.35. The summed E-state index contributed by atoms with van der Waals surface area (Å²) in [5.74, 6) is 7.33. The molecule has 0 radical (unpaired) electrons. The normalized spacial score (nSPS) is 13.0. The van der Waals surface area contributed by atoms with Crippen LogP contribution in [0.25, 0.3) is 0 Å². The second kappa shape index (κ2) is 6.91. The standard InChI is InChI=1S/C16H16ClN5O2/c1-20(24-2)16(23)21-8-9-22-14(18-19-15(22)11-21)7-6-12-4-3-5-13(17)10-12/h3-5,10H,8-9,11H2,1-2H3. The molecule has 0 spiro atoms. The van der Waals surface area contributed by atoms with Crippen LogP contribution in [0.15, 0.2) is 24.3 Å². The average Bonchev–Trinajstić information content (AvgIpc) is 3.01. The van der Waals surface area contributed by atoms with E-state index < -0.39 is 0 Å². The number of hydroxylamine groups is 2. The summed E-state index contributed by atoms with van der Waals surface area (Å²) in [4.78, 5) is 18.7. The van der Waals surface area contributed by atoms with Gasteiger partial charge in [-0.1, -0.05) is 23.6 Å². The Balaban J connectivity index is 1.78. The van der Waals surface area contributed by atoms with Crippen molar-refractivity contribution in [3.8, 4) is 11.8 Å². The summed E-state index contributed by atoms with van der Waals surface area (Å²) in [5, 5.41) is 10.1. The number of carbonyl (C=O) groups excluding carboxylic acids is 1. The van der Waals surface area contributed by atoms with Gasteiger partial charge in [-0.15, -0.1) is 10.2 Å². The Labute approximate surface area is 144 Å². The van der Waals surface area contributed by atoms with Gasteiger partial charge in [0.05, 0.1) is 13.7 Å². The maximum atomic E-state index is 12.1. The first-order chi connectivity index (χ1) is 11.6. The lowest BCUT2D eigenvalue weighted by Crippen LogP contribution is -2.44. The van der Waals surface area contributed by atoms with Crippen LogP contribution in [-0.2, 0) is 17.9 Å². The number of carbonyl (C=O) groups is 1. The van der Waals surface area contributed by atoms with Crippen molar-refractivity contribution < 1.29 is 9.63 Å². The number of hydrogen-bond acceptors (Lipinski definition) is 4. The molecular formula is C16H16ClN5O2. The molecule has 0 N–H and O–H groups in total. The average molecular weight is 346 g/mol. The Kier molecular flexibility index (Phi) is 4.69. The van der Waals surface area contributed by atoms with Gasteiger partial charge < -0.3 is 9.47 Å². The number of benzene rings is 1. The Morgan fingerprint density at radius 2 is 2.17 bits per heavy atom. The number of nitrogens with zero attached hydrogens (tertiary/aromatic N) is 5. The van der Waals surface area contributed by atoms with Gasteiger partial charge in [0, 0.05) is 30.7 Å². The van der Waals surface area contributed by atoms with Gasteiger partial charge in [-0.2, -0.15) is 0 Å². The second-order valence-electron chi connectivity index (χ2n) is 5.24. The molecule has 0 aliphatic carbocycles. The van der Waals surface area contributed by atoms with Crippen molar-refractivity contribution in [3.63, 3.8) is 0 Å². The molecule has 1 aliphatic rings. The highest BCUT2D eigenvalue weighted by Crippen LogP contribution is 2.14. The van der Waals surface area contributed by atoms with E-state index in [0.29, 0.717) is 36.3 Å². The molecule has 0 saturated heterocycles. The van der Waals surface area contributed by atoms with Gasteiger partial charge in [-0.25, -0.2) is 9.86 Å². The number of fused-ring (bicyclic) bond motifs is 1. The summed E-state index contributed by atoms with van der Waals surface area (Å²) in [5.41, 5.74) is 0.814. The Bertz CT molecular complexity index is 823. The fourth-order valence-corrected chi connectivity index (χ4v) is 2.58. The fourth-order valence-electron chi connectivity index (χ4n) is 2.39. The topological polar surface area (TPSA) is 63.5 Å². The van der Waals surface area contributed by atoms with Crippen molar-refractivity contribution in [2.24, 2.45) is 0 Å². The van der Waals surface area contributed by atoms with E-state index in [1.54, 1.807) is 24.1 Å². The quantitative estimate of drug-likeness (QED) is 0.583. The third-order valence-corrected chi connectivity index (χ3v) is 3.95. The number of rotatable bonds is 1. The monoisotopic (exact) mass is 345 g/mol. The van der Waals surface area contributed by atoms with Gasteiger partial charge in [-0.05, 0) is 24.1 Å². The zero-order valence-electron chi connectivity index (χ0n) is 13.4. The molecule has 1 aromatic heterocycles. The molecule has 24 heavy (non-hydrogen) atoms. The van der Waals surface area contributed by atoms with Gasteiger partial charge >= 0.3 is 6.03 Å². The van der Waals surface area contributed by atoms with Gasteiger partial charge in [0.1, 0.15) is 0 Å². The highest BCUT2D eigenvalue weighted by molar-refractivity contribution is 6.30. The van der Waals surface area contributed by atoms with Crippen molar-refractivity contribution in [2.45, 2.75) is 13.1 Å². The molecule has 8 heteroatoms. The van der Waals surface area contributed by atoms with Crippen LogP contribution < -0.4 is 0 Å². The molecule has 0 bridgehead atoms. The smallest absolute Gasteiger partial charge is 0.314 e. The van der Waals surface area contributed by atoms with Crippen molar-refractivity contribution in [2.75, 3.05) is 20.7 Å². The van der Waals surface area contributed by atoms with E-state index >= 15 is 0 Å². The molecule has 2 amide bonds. The highest BCUT2D eigenvalue weighted by Gasteiger charge is 2.26. The summed E-state index contributed by atoms with van der Waals surface area (Å²) in [6.45, 7) is 1.51. The maximum Gasteiger partial charge on any atom is 0.344 e. The van der Waals surface area contributed by atoms with Gasteiger partial charge in [-0.3, -0.25) is 4.84 Å². The summed E-state index contributed by atoms with van der Waals surface area (Å²) in [6.07, 6.45) is 0. The van der Waals surface area contributed by atoms with E-state index in [2.05, 4.69) is 22.0 Å². The van der Waals surface area contributed by atoms with Gasteiger partial charge in [0.2, 0.25) is 5.82 Å². The van der Waals surface area contributed by atoms with Crippen LogP contribution in [0.4, 0.5) is 4.79 Å². The lowest BCUT2D eigenvalue weighted by atomic mass is 10.2. The van der Waals surface area contributed by atoms with Crippen molar-refractivity contribution in [1.82, 2.24) is 24.7 Å². The largest absolute Gasteiger partial charge is 0.344 e. The van der Waals surface area contributed by atoms with Crippen LogP contribution in [-0.4, -0.2) is 51.5 Å². The van der Waals surface area contributed by atoms with E-state index in [4.69, 9.17) is 16.4 Å². The molecular weight excluding hydrogens is 330 g/mol. The molecule has 0 fully saturated rings. The summed E-state index contributed by atoms with van der Waals surface area (Å²) in [7, 11) is 3.03. The fraction of sp³-hybridized carbons (Fsp3) is 0.312. The summed E-state index contributed by atoms with van der Waals surface area (Å²) in [6, 6.07) is 7.12. The highest BCUT2D eigenvalue weighted by atomic mass is 35.5. The second-order valence-corrected chi connectivity index (χ2v) is 5.67. The SMILES string of the molecule is CON(C)C(=O)N1CCn2c(C#Cc3cccc(Cl)c3)nnc2C1. The zero-order chi connectivity index (χ0) is 17.1. The molecule has 1 aliphatic heterocycles. The van der Waals surface area contributed by atoms with Crippen molar-refractivity contribution in [3.05, 3.63) is 46.5 Å². The van der Waals surface area contributed by atoms with Gasteiger partial charge in [0.15, 0.2) is 5.82 Å². The Morgan fingerprint density at radius 1 is 1.33 bits per heavy atom. The number of amides is 2. The predicted molar refractivity (Wildman–Crippen MR) is 88.0 cm³/mol. The zero-order valence-corrected chi connectivity index (χ0v) is 14.1. The molecule has 2 heterocycles. The van der Waals surface area contributed by atoms with Crippen LogP contribution in [0.2, 0.25) is 5.02 Å². The molecule has 0 unspecified atom stereocenters. The first-order valence-electron chi connectivity index (χ1n) is 7.35. The molecule has 0 atom stereocenters. The number of hydrogen-bond donors (Lipinski definition) is 0. The summed E-state index contributed by atoms with van der Waals surface area (Å²) >= 11 is 5.95. The van der Waals surface area contributed by atoms with Crippen LogP contribution in [0.1, 0.15) is 17.2 Å². The van der Waals surface area contributed by atoms with E-state index in [0.717, 1.165) is 5.56 Å². The first-order valence-corrected chi connectivity index (χ1v) is 7.72. The summed E-state index contributed by atoms with van der Waals surface area (Å²) < 4.78 is 1.92.